The Morgan fingerprint density at radius 3 is 2.71 bits per heavy atom. The molecular formula is C13H18N2O6. The number of nitrogens with zero attached hydrogens (tertiary/aromatic N) is 1. The highest BCUT2D eigenvalue weighted by Gasteiger charge is 2.55. The van der Waals surface area contributed by atoms with Crippen LogP contribution in [0.3, 0.4) is 0 Å². The Balaban J connectivity index is 2.57. The largest absolute Gasteiger partial charge is 0.394 e. The smallest absolute Gasteiger partial charge is 0.330 e. The molecule has 1 aromatic rings. The second-order valence-electron chi connectivity index (χ2n) is 4.87. The van der Waals surface area contributed by atoms with Gasteiger partial charge in [-0.3, -0.25) is 14.3 Å². The highest BCUT2D eigenvalue weighted by atomic mass is 16.6. The maximum atomic E-state index is 12.0. The third-order valence-corrected chi connectivity index (χ3v) is 3.58. The summed E-state index contributed by atoms with van der Waals surface area (Å²) in [5.41, 5.74) is -2.93. The van der Waals surface area contributed by atoms with Crippen molar-refractivity contribution in [3.8, 4) is 0 Å². The lowest BCUT2D eigenvalue weighted by Crippen LogP contribution is -2.51. The second kappa shape index (κ2) is 5.94. The van der Waals surface area contributed by atoms with E-state index in [1.54, 1.807) is 19.1 Å². The summed E-state index contributed by atoms with van der Waals surface area (Å²) in [6.45, 7) is 1.25. The van der Waals surface area contributed by atoms with Gasteiger partial charge < -0.3 is 20.1 Å². The fourth-order valence-electron chi connectivity index (χ4n) is 2.49. The molecule has 0 bridgehead atoms. The van der Waals surface area contributed by atoms with E-state index in [2.05, 4.69) is 4.98 Å². The van der Waals surface area contributed by atoms with Crippen molar-refractivity contribution in [2.45, 2.75) is 37.4 Å². The average molecular weight is 298 g/mol. The van der Waals surface area contributed by atoms with Gasteiger partial charge in [0.15, 0.2) is 5.72 Å². The van der Waals surface area contributed by atoms with Crippen LogP contribution in [0.2, 0.25) is 0 Å². The van der Waals surface area contributed by atoms with E-state index in [0.717, 1.165) is 10.6 Å². The van der Waals surface area contributed by atoms with Crippen molar-refractivity contribution in [2.24, 2.45) is 0 Å². The van der Waals surface area contributed by atoms with E-state index in [9.17, 15) is 24.9 Å². The molecule has 2 rings (SSSR count). The number of aromatic amines is 1. The van der Waals surface area contributed by atoms with Crippen LogP contribution in [0, 0.1) is 0 Å². The molecule has 116 valence electrons. The summed E-state index contributed by atoms with van der Waals surface area (Å²) >= 11 is 0. The zero-order valence-corrected chi connectivity index (χ0v) is 11.5. The van der Waals surface area contributed by atoms with E-state index in [0.29, 0.717) is 0 Å². The normalized spacial score (nSPS) is 32.9. The zero-order chi connectivity index (χ0) is 15.6. The minimum atomic E-state index is -1.58. The Bertz CT molecular complexity index is 636. The van der Waals surface area contributed by atoms with Gasteiger partial charge in [0.2, 0.25) is 0 Å². The third kappa shape index (κ3) is 2.58. The van der Waals surface area contributed by atoms with E-state index in [-0.39, 0.29) is 6.42 Å². The van der Waals surface area contributed by atoms with E-state index in [1.165, 1.54) is 6.20 Å². The monoisotopic (exact) mass is 298 g/mol. The summed E-state index contributed by atoms with van der Waals surface area (Å²) in [6, 6.07) is 1.12. The fourth-order valence-corrected chi connectivity index (χ4v) is 2.49. The summed E-state index contributed by atoms with van der Waals surface area (Å²) in [6.07, 6.45) is 0.836. The molecule has 21 heavy (non-hydrogen) atoms. The predicted octanol–water partition coefficient (Wildman–Crippen LogP) is -1.73. The molecule has 0 saturated carbocycles. The van der Waals surface area contributed by atoms with Gasteiger partial charge in [-0.2, -0.15) is 0 Å². The van der Waals surface area contributed by atoms with Gasteiger partial charge >= 0.3 is 5.69 Å². The number of ether oxygens (including phenoxy) is 1. The van der Waals surface area contributed by atoms with Crippen LogP contribution in [0.15, 0.2) is 34.0 Å². The average Bonchev–Trinajstić information content (AvgIpc) is 2.70. The first-order chi connectivity index (χ1) is 9.96. The van der Waals surface area contributed by atoms with Crippen LogP contribution < -0.4 is 11.2 Å². The van der Waals surface area contributed by atoms with Crippen LogP contribution in [0.25, 0.3) is 0 Å². The molecule has 0 amide bonds. The topological polar surface area (TPSA) is 125 Å². The Morgan fingerprint density at radius 1 is 1.48 bits per heavy atom. The molecule has 1 aliphatic heterocycles. The molecule has 0 spiro atoms. The summed E-state index contributed by atoms with van der Waals surface area (Å²) in [4.78, 5) is 25.2. The molecule has 1 aliphatic rings. The quantitative estimate of drug-likeness (QED) is 0.490. The van der Waals surface area contributed by atoms with Gasteiger partial charge in [0.25, 0.3) is 5.56 Å². The van der Waals surface area contributed by atoms with E-state index < -0.39 is 41.9 Å². The molecule has 1 fully saturated rings. The molecule has 0 aromatic carbocycles. The lowest BCUT2D eigenvalue weighted by molar-refractivity contribution is -0.148. The number of rotatable bonds is 4. The molecule has 0 aliphatic carbocycles. The second-order valence-corrected chi connectivity index (χ2v) is 4.87. The standard InChI is InChI=1S/C13H18N2O6/c1-2-3-5-13(11(19)10(18)8(7-16)21-13)15-6-4-9(17)14-12(15)20/h2-4,6,8,10-11,16,18-19H,5,7H2,1H3,(H,14,17,20)/t8-,10-,11-,13-/m1/s1. The minimum Gasteiger partial charge on any atom is -0.394 e. The van der Waals surface area contributed by atoms with Crippen LogP contribution in [0.4, 0.5) is 0 Å². The Morgan fingerprint density at radius 2 is 2.19 bits per heavy atom. The number of H-pyrrole nitrogens is 1. The minimum absolute atomic E-state index is 0.0875. The first-order valence-corrected chi connectivity index (χ1v) is 6.54. The van der Waals surface area contributed by atoms with Crippen LogP contribution in [-0.2, 0) is 10.5 Å². The van der Waals surface area contributed by atoms with Gasteiger partial charge in [0.05, 0.1) is 6.61 Å². The molecular weight excluding hydrogens is 280 g/mol. The Labute approximate surface area is 119 Å². The van der Waals surface area contributed by atoms with Gasteiger partial charge in [0.1, 0.15) is 18.3 Å². The van der Waals surface area contributed by atoms with Crippen molar-refractivity contribution in [2.75, 3.05) is 6.61 Å². The van der Waals surface area contributed by atoms with Crippen molar-refractivity contribution in [1.82, 2.24) is 9.55 Å². The van der Waals surface area contributed by atoms with E-state index in [1.807, 2.05) is 0 Å². The summed E-state index contributed by atoms with van der Waals surface area (Å²) in [5.74, 6) is 0. The summed E-state index contributed by atoms with van der Waals surface area (Å²) in [7, 11) is 0. The van der Waals surface area contributed by atoms with E-state index >= 15 is 0 Å². The van der Waals surface area contributed by atoms with Gasteiger partial charge in [-0.25, -0.2) is 4.79 Å². The molecule has 1 saturated heterocycles. The van der Waals surface area contributed by atoms with Crippen molar-refractivity contribution >= 4 is 0 Å². The molecule has 1 aromatic heterocycles. The Hall–Kier alpha value is -1.74. The van der Waals surface area contributed by atoms with Crippen molar-refractivity contribution in [3.05, 3.63) is 45.3 Å². The molecule has 8 heteroatoms. The Kier molecular flexibility index (Phi) is 4.43. The van der Waals surface area contributed by atoms with Crippen LogP contribution in [0.1, 0.15) is 13.3 Å². The predicted molar refractivity (Wildman–Crippen MR) is 72.7 cm³/mol. The molecule has 0 radical (unpaired) electrons. The number of allylic oxidation sites excluding steroid dienone is 1. The van der Waals surface area contributed by atoms with Gasteiger partial charge in [0, 0.05) is 18.7 Å². The SMILES string of the molecule is CC=CC[C@@]1(n2ccc(=O)[nH]c2=O)O[C@H](CO)[C@@H](O)[C@H]1O. The number of aliphatic hydroxyl groups excluding tert-OH is 3. The third-order valence-electron chi connectivity index (χ3n) is 3.58. The maximum absolute atomic E-state index is 12.0. The number of aliphatic hydroxyl groups is 3. The molecule has 2 heterocycles. The van der Waals surface area contributed by atoms with Gasteiger partial charge in [-0.1, -0.05) is 12.2 Å². The van der Waals surface area contributed by atoms with Crippen LogP contribution in [0.5, 0.6) is 0 Å². The van der Waals surface area contributed by atoms with E-state index in [4.69, 9.17) is 4.74 Å². The van der Waals surface area contributed by atoms with Gasteiger partial charge in [-0.15, -0.1) is 0 Å². The molecule has 4 atom stereocenters. The lowest BCUT2D eigenvalue weighted by Gasteiger charge is -2.32. The number of nitrogens with one attached hydrogen (secondary N) is 1. The number of hydrogen-bond donors (Lipinski definition) is 4. The molecule has 8 nitrogen and oxygen atoms in total. The maximum Gasteiger partial charge on any atom is 0.330 e. The van der Waals surface area contributed by atoms with Gasteiger partial charge in [-0.05, 0) is 6.92 Å². The first kappa shape index (κ1) is 15.6. The molecule has 4 N–H and O–H groups in total. The zero-order valence-electron chi connectivity index (χ0n) is 11.5. The number of hydrogen-bond acceptors (Lipinski definition) is 6. The summed E-state index contributed by atoms with van der Waals surface area (Å²) in [5, 5.41) is 29.5. The van der Waals surface area contributed by atoms with Crippen LogP contribution >= 0.6 is 0 Å². The van der Waals surface area contributed by atoms with Crippen molar-refractivity contribution in [1.29, 1.82) is 0 Å². The number of aromatic nitrogens is 2. The lowest BCUT2D eigenvalue weighted by atomic mass is 9.98. The highest BCUT2D eigenvalue weighted by Crippen LogP contribution is 2.37. The van der Waals surface area contributed by atoms with Crippen molar-refractivity contribution in [3.63, 3.8) is 0 Å². The summed E-state index contributed by atoms with van der Waals surface area (Å²) < 4.78 is 6.60. The first-order valence-electron chi connectivity index (χ1n) is 6.54. The van der Waals surface area contributed by atoms with Crippen molar-refractivity contribution < 1.29 is 20.1 Å². The fraction of sp³-hybridized carbons (Fsp3) is 0.538. The highest BCUT2D eigenvalue weighted by molar-refractivity contribution is 5.04. The van der Waals surface area contributed by atoms with Crippen LogP contribution in [-0.4, -0.2) is 49.8 Å². The molecule has 0 unspecified atom stereocenters.